The summed E-state index contributed by atoms with van der Waals surface area (Å²) in [6, 6.07) is 0. The molecule has 0 aliphatic carbocycles. The summed E-state index contributed by atoms with van der Waals surface area (Å²) >= 11 is 0. The van der Waals surface area contributed by atoms with E-state index in [9.17, 15) is 0 Å². The fourth-order valence-corrected chi connectivity index (χ4v) is 0.615. The molecule has 0 fully saturated rings. The van der Waals surface area contributed by atoms with E-state index >= 15 is 0 Å². The first kappa shape index (κ1) is 5.81. The van der Waals surface area contributed by atoms with Gasteiger partial charge in [0, 0.05) is 7.05 Å². The van der Waals surface area contributed by atoms with Crippen LogP contribution in [0.2, 0.25) is 0 Å². The maximum atomic E-state index is 5.43. The van der Waals surface area contributed by atoms with Gasteiger partial charge >= 0.3 is 0 Å². The molecule has 0 amide bonds. The summed E-state index contributed by atoms with van der Waals surface area (Å²) in [5, 5.41) is 0. The summed E-state index contributed by atoms with van der Waals surface area (Å²) < 4.78 is 1.70. The molecule has 0 atom stereocenters. The Bertz CT molecular complexity index is 183. The molecule has 1 heterocycles. The molecule has 1 aromatic heterocycles. The van der Waals surface area contributed by atoms with Crippen LogP contribution in [0.15, 0.2) is 12.4 Å². The molecule has 4 heteroatoms. The predicted molar refractivity (Wildman–Crippen MR) is 38.5 cm³/mol. The Morgan fingerprint density at radius 3 is 2.00 bits per heavy atom. The van der Waals surface area contributed by atoms with Gasteiger partial charge in [-0.2, -0.15) is 0 Å². The third kappa shape index (κ3) is 0.910. The number of aromatic nitrogens is 1. The van der Waals surface area contributed by atoms with Gasteiger partial charge < -0.3 is 16.9 Å². The molecule has 0 spiro atoms. The molecule has 0 radical (unpaired) electrons. The SMILES string of the molecule is CNn1cc(N)c(N)c1. The standard InChI is InChI=1S/C5H10N4/c1-8-9-2-4(6)5(7)3-9/h2-3,8H,6-7H2,1H3. The van der Waals surface area contributed by atoms with Crippen molar-refractivity contribution in [3.05, 3.63) is 12.4 Å². The summed E-state index contributed by atoms with van der Waals surface area (Å²) in [4.78, 5) is 0. The van der Waals surface area contributed by atoms with Gasteiger partial charge in [-0.15, -0.1) is 0 Å². The highest BCUT2D eigenvalue weighted by molar-refractivity contribution is 5.61. The largest absolute Gasteiger partial charge is 0.396 e. The lowest BCUT2D eigenvalue weighted by Gasteiger charge is -1.95. The average molecular weight is 126 g/mol. The molecule has 0 aliphatic heterocycles. The monoisotopic (exact) mass is 126 g/mol. The number of nitrogen functional groups attached to an aromatic ring is 2. The topological polar surface area (TPSA) is 69.0 Å². The molecule has 9 heavy (non-hydrogen) atoms. The van der Waals surface area contributed by atoms with Crippen LogP contribution in [0.25, 0.3) is 0 Å². The Morgan fingerprint density at radius 1 is 1.33 bits per heavy atom. The molecule has 0 aliphatic rings. The number of rotatable bonds is 1. The van der Waals surface area contributed by atoms with Crippen LogP contribution in [0.5, 0.6) is 0 Å². The summed E-state index contributed by atoms with van der Waals surface area (Å²) in [7, 11) is 1.79. The maximum Gasteiger partial charge on any atom is 0.0749 e. The number of nitrogens with one attached hydrogen (secondary N) is 1. The van der Waals surface area contributed by atoms with Crippen LogP contribution in [0.4, 0.5) is 11.4 Å². The van der Waals surface area contributed by atoms with Gasteiger partial charge in [-0.3, -0.25) is 4.68 Å². The second-order valence-corrected chi connectivity index (χ2v) is 1.80. The van der Waals surface area contributed by atoms with Gasteiger partial charge in [0.15, 0.2) is 0 Å². The molecule has 1 rings (SSSR count). The van der Waals surface area contributed by atoms with E-state index in [1.807, 2.05) is 0 Å². The van der Waals surface area contributed by atoms with Crippen molar-refractivity contribution in [2.24, 2.45) is 0 Å². The minimum atomic E-state index is 0.601. The van der Waals surface area contributed by atoms with Crippen molar-refractivity contribution in [2.45, 2.75) is 0 Å². The fourth-order valence-electron chi connectivity index (χ4n) is 0.615. The molecule has 4 nitrogen and oxygen atoms in total. The van der Waals surface area contributed by atoms with E-state index in [1.165, 1.54) is 0 Å². The number of hydrogen-bond acceptors (Lipinski definition) is 3. The van der Waals surface area contributed by atoms with Crippen molar-refractivity contribution in [2.75, 3.05) is 23.9 Å². The van der Waals surface area contributed by atoms with Crippen molar-refractivity contribution >= 4 is 11.4 Å². The lowest BCUT2D eigenvalue weighted by atomic mass is 10.5. The van der Waals surface area contributed by atoms with E-state index in [0.29, 0.717) is 11.4 Å². The minimum absolute atomic E-state index is 0.601. The lowest BCUT2D eigenvalue weighted by Crippen LogP contribution is -2.04. The molecular formula is C5H10N4. The highest BCUT2D eigenvalue weighted by atomic mass is 15.4. The zero-order valence-electron chi connectivity index (χ0n) is 5.26. The lowest BCUT2D eigenvalue weighted by molar-refractivity contribution is 0.939. The van der Waals surface area contributed by atoms with Crippen LogP contribution in [-0.2, 0) is 0 Å². The van der Waals surface area contributed by atoms with Crippen LogP contribution in [0.3, 0.4) is 0 Å². The summed E-state index contributed by atoms with van der Waals surface area (Å²) in [6.07, 6.45) is 3.44. The highest BCUT2D eigenvalue weighted by Crippen LogP contribution is 2.12. The maximum absolute atomic E-state index is 5.43. The van der Waals surface area contributed by atoms with Crippen molar-refractivity contribution in [3.63, 3.8) is 0 Å². The first-order valence-electron chi connectivity index (χ1n) is 2.64. The van der Waals surface area contributed by atoms with E-state index < -0.39 is 0 Å². The number of nitrogens with zero attached hydrogens (tertiary/aromatic N) is 1. The first-order chi connectivity index (χ1) is 4.24. The minimum Gasteiger partial charge on any atom is -0.396 e. The van der Waals surface area contributed by atoms with Gasteiger partial charge in [-0.1, -0.05) is 0 Å². The smallest absolute Gasteiger partial charge is 0.0749 e. The van der Waals surface area contributed by atoms with E-state index in [1.54, 1.807) is 24.1 Å². The Balaban J connectivity index is 2.98. The molecule has 1 aromatic rings. The molecule has 50 valence electrons. The van der Waals surface area contributed by atoms with E-state index in [-0.39, 0.29) is 0 Å². The van der Waals surface area contributed by atoms with Crippen molar-refractivity contribution in [1.29, 1.82) is 0 Å². The van der Waals surface area contributed by atoms with E-state index in [4.69, 9.17) is 11.5 Å². The second-order valence-electron chi connectivity index (χ2n) is 1.80. The normalized spacial score (nSPS) is 9.44. The van der Waals surface area contributed by atoms with Crippen molar-refractivity contribution in [3.8, 4) is 0 Å². The second kappa shape index (κ2) is 1.89. The van der Waals surface area contributed by atoms with Crippen LogP contribution >= 0.6 is 0 Å². The Hall–Kier alpha value is -1.32. The molecule has 0 saturated heterocycles. The van der Waals surface area contributed by atoms with Gasteiger partial charge in [0.1, 0.15) is 0 Å². The molecule has 0 unspecified atom stereocenters. The third-order valence-corrected chi connectivity index (χ3v) is 1.15. The van der Waals surface area contributed by atoms with Crippen LogP contribution < -0.4 is 16.9 Å². The molecular weight excluding hydrogens is 116 g/mol. The quantitative estimate of drug-likeness (QED) is 0.489. The molecule has 0 saturated carbocycles. The molecule has 0 aromatic carbocycles. The summed E-state index contributed by atoms with van der Waals surface area (Å²) in [6.45, 7) is 0. The van der Waals surface area contributed by atoms with Gasteiger partial charge in [-0.05, 0) is 0 Å². The van der Waals surface area contributed by atoms with Gasteiger partial charge in [0.25, 0.3) is 0 Å². The number of nitrogens with two attached hydrogens (primary N) is 2. The number of hydrogen-bond donors (Lipinski definition) is 3. The summed E-state index contributed by atoms with van der Waals surface area (Å²) in [5.41, 5.74) is 14.9. The average Bonchev–Trinajstić information content (AvgIpc) is 2.13. The third-order valence-electron chi connectivity index (χ3n) is 1.15. The zero-order valence-corrected chi connectivity index (χ0v) is 5.26. The highest BCUT2D eigenvalue weighted by Gasteiger charge is 1.94. The molecule has 0 bridgehead atoms. The first-order valence-corrected chi connectivity index (χ1v) is 2.64. The van der Waals surface area contributed by atoms with Crippen LogP contribution in [-0.4, -0.2) is 11.7 Å². The van der Waals surface area contributed by atoms with Gasteiger partial charge in [-0.25, -0.2) is 0 Å². The summed E-state index contributed by atoms with van der Waals surface area (Å²) in [5.74, 6) is 0. The van der Waals surface area contributed by atoms with Gasteiger partial charge in [0.05, 0.1) is 23.8 Å². The van der Waals surface area contributed by atoms with Crippen molar-refractivity contribution in [1.82, 2.24) is 4.68 Å². The Morgan fingerprint density at radius 2 is 1.78 bits per heavy atom. The predicted octanol–water partition coefficient (Wildman–Crippen LogP) is -0.174. The van der Waals surface area contributed by atoms with Gasteiger partial charge in [0.2, 0.25) is 0 Å². The van der Waals surface area contributed by atoms with Crippen LogP contribution in [0.1, 0.15) is 0 Å². The Labute approximate surface area is 53.4 Å². The Kier molecular flexibility index (Phi) is 1.22. The van der Waals surface area contributed by atoms with E-state index in [0.717, 1.165) is 0 Å². The van der Waals surface area contributed by atoms with Crippen molar-refractivity contribution < 1.29 is 0 Å². The number of anilines is 2. The van der Waals surface area contributed by atoms with E-state index in [2.05, 4.69) is 5.43 Å². The molecule has 5 N–H and O–H groups in total. The fraction of sp³-hybridized carbons (Fsp3) is 0.200. The van der Waals surface area contributed by atoms with Crippen LogP contribution in [0, 0.1) is 0 Å². The zero-order chi connectivity index (χ0) is 6.85.